The molecule has 3 aromatic rings. The molecule has 29 heavy (non-hydrogen) atoms. The molecule has 0 aliphatic heterocycles. The molecule has 0 bridgehead atoms. The molecule has 0 amide bonds. The van der Waals surface area contributed by atoms with Crippen LogP contribution in [0.25, 0.3) is 10.1 Å². The fourth-order valence-electron chi connectivity index (χ4n) is 3.62. The Morgan fingerprint density at radius 2 is 1.90 bits per heavy atom. The number of methoxy groups -OCH3 is 1. The van der Waals surface area contributed by atoms with Crippen LogP contribution in [0, 0.1) is 0 Å². The molecule has 0 saturated heterocycles. The molecule has 2 N–H and O–H groups in total. The van der Waals surface area contributed by atoms with E-state index in [1.54, 1.807) is 7.11 Å². The largest absolute Gasteiger partial charge is 0.497 e. The van der Waals surface area contributed by atoms with Crippen LogP contribution < -0.4 is 15.2 Å². The first-order chi connectivity index (χ1) is 14.1. The van der Waals surface area contributed by atoms with Gasteiger partial charge in [0.1, 0.15) is 12.4 Å². The zero-order chi connectivity index (χ0) is 20.2. The highest BCUT2D eigenvalue weighted by Gasteiger charge is 2.26. The highest BCUT2D eigenvalue weighted by atomic mass is 32.1. The minimum absolute atomic E-state index is 0.0812. The summed E-state index contributed by atoms with van der Waals surface area (Å²) in [6.07, 6.45) is 3.79. The molecule has 0 radical (unpaired) electrons. The van der Waals surface area contributed by atoms with Gasteiger partial charge in [-0.15, -0.1) is 11.3 Å². The van der Waals surface area contributed by atoms with Crippen molar-refractivity contribution in [3.05, 3.63) is 59.0 Å². The third-order valence-electron chi connectivity index (χ3n) is 5.24. The van der Waals surface area contributed by atoms with Crippen molar-refractivity contribution in [3.8, 4) is 11.5 Å². The summed E-state index contributed by atoms with van der Waals surface area (Å²) in [5.41, 5.74) is 6.90. The fraction of sp³-hybridized carbons (Fsp3) is 0.348. The van der Waals surface area contributed by atoms with Gasteiger partial charge in [0.05, 0.1) is 13.2 Å². The number of carbonyl (C=O) groups excluding carboxylic acids is 1. The number of carbonyl (C=O) groups is 1. The summed E-state index contributed by atoms with van der Waals surface area (Å²) in [7, 11) is 1.62. The maximum Gasteiger partial charge on any atom is 0.352 e. The second kappa shape index (κ2) is 8.84. The van der Waals surface area contributed by atoms with Crippen LogP contribution in [0.2, 0.25) is 0 Å². The number of thiophene rings is 1. The molecule has 1 fully saturated rings. The van der Waals surface area contributed by atoms with Gasteiger partial charge in [-0.2, -0.15) is 0 Å². The Balaban J connectivity index is 1.54. The predicted molar refractivity (Wildman–Crippen MR) is 115 cm³/mol. The average Bonchev–Trinajstić information content (AvgIpc) is 3.12. The van der Waals surface area contributed by atoms with E-state index < -0.39 is 0 Å². The van der Waals surface area contributed by atoms with Gasteiger partial charge in [-0.25, -0.2) is 4.79 Å². The molecule has 1 heterocycles. The molecule has 1 aliphatic carbocycles. The summed E-state index contributed by atoms with van der Waals surface area (Å²) >= 11 is 1.42. The van der Waals surface area contributed by atoms with Crippen LogP contribution >= 0.6 is 11.3 Å². The summed E-state index contributed by atoms with van der Waals surface area (Å²) in [6.45, 7) is 0.183. The van der Waals surface area contributed by atoms with E-state index in [2.05, 4.69) is 0 Å². The first kappa shape index (κ1) is 19.7. The molecular weight excluding hydrogens is 386 g/mol. The number of benzene rings is 2. The summed E-state index contributed by atoms with van der Waals surface area (Å²) < 4.78 is 18.2. The molecule has 1 aliphatic rings. The van der Waals surface area contributed by atoms with Gasteiger partial charge in [-0.1, -0.05) is 24.3 Å². The van der Waals surface area contributed by atoms with Crippen molar-refractivity contribution in [2.75, 3.05) is 7.11 Å². The SMILES string of the molecule is COc1cccc(COC(=O)c2sc3ccccc3c2OC2CCC(N)CC2)c1. The Labute approximate surface area is 174 Å². The van der Waals surface area contributed by atoms with Crippen molar-refractivity contribution in [2.24, 2.45) is 5.73 Å². The second-order valence-electron chi connectivity index (χ2n) is 7.34. The van der Waals surface area contributed by atoms with E-state index in [0.717, 1.165) is 47.1 Å². The van der Waals surface area contributed by atoms with Crippen LogP contribution in [0.4, 0.5) is 0 Å². The summed E-state index contributed by atoms with van der Waals surface area (Å²) in [5.74, 6) is 1.01. The number of fused-ring (bicyclic) bond motifs is 1. The third kappa shape index (κ3) is 4.54. The highest BCUT2D eigenvalue weighted by Crippen LogP contribution is 2.40. The Hall–Kier alpha value is -2.57. The number of ether oxygens (including phenoxy) is 3. The molecule has 152 valence electrons. The van der Waals surface area contributed by atoms with E-state index in [0.29, 0.717) is 10.6 Å². The van der Waals surface area contributed by atoms with E-state index in [4.69, 9.17) is 19.9 Å². The minimum atomic E-state index is -0.364. The lowest BCUT2D eigenvalue weighted by molar-refractivity contribution is 0.0469. The molecule has 4 rings (SSSR count). The third-order valence-corrected chi connectivity index (χ3v) is 6.37. The Kier molecular flexibility index (Phi) is 6.02. The predicted octanol–water partition coefficient (Wildman–Crippen LogP) is 4.92. The number of hydrogen-bond acceptors (Lipinski definition) is 6. The van der Waals surface area contributed by atoms with Gasteiger partial charge < -0.3 is 19.9 Å². The van der Waals surface area contributed by atoms with Crippen LogP contribution in [0.5, 0.6) is 11.5 Å². The van der Waals surface area contributed by atoms with Crippen molar-refractivity contribution in [3.63, 3.8) is 0 Å². The monoisotopic (exact) mass is 411 g/mol. The van der Waals surface area contributed by atoms with Gasteiger partial charge in [0.25, 0.3) is 0 Å². The number of rotatable bonds is 6. The lowest BCUT2D eigenvalue weighted by atomic mass is 9.94. The van der Waals surface area contributed by atoms with E-state index in [9.17, 15) is 4.79 Å². The first-order valence-corrected chi connectivity index (χ1v) is 10.7. The van der Waals surface area contributed by atoms with Crippen molar-refractivity contribution >= 4 is 27.4 Å². The fourth-order valence-corrected chi connectivity index (χ4v) is 4.65. The Morgan fingerprint density at radius 1 is 1.10 bits per heavy atom. The van der Waals surface area contributed by atoms with Crippen molar-refractivity contribution in [2.45, 2.75) is 44.4 Å². The van der Waals surface area contributed by atoms with Crippen LogP contribution in [-0.4, -0.2) is 25.2 Å². The van der Waals surface area contributed by atoms with Gasteiger partial charge in [0.15, 0.2) is 10.6 Å². The van der Waals surface area contributed by atoms with Crippen LogP contribution in [0.3, 0.4) is 0 Å². The summed E-state index contributed by atoms with van der Waals surface area (Å²) in [4.78, 5) is 13.4. The zero-order valence-corrected chi connectivity index (χ0v) is 17.2. The summed E-state index contributed by atoms with van der Waals surface area (Å²) in [5, 5.41) is 0.959. The minimum Gasteiger partial charge on any atom is -0.497 e. The first-order valence-electron chi connectivity index (χ1n) is 9.88. The molecule has 0 unspecified atom stereocenters. The number of hydrogen-bond donors (Lipinski definition) is 1. The van der Waals surface area contributed by atoms with Gasteiger partial charge in [-0.3, -0.25) is 0 Å². The van der Waals surface area contributed by atoms with E-state index in [1.807, 2.05) is 48.5 Å². The molecular formula is C23H25NO4S. The van der Waals surface area contributed by atoms with Crippen molar-refractivity contribution < 1.29 is 19.0 Å². The topological polar surface area (TPSA) is 70.8 Å². The molecule has 6 heteroatoms. The molecule has 0 spiro atoms. The average molecular weight is 412 g/mol. The van der Waals surface area contributed by atoms with E-state index in [1.165, 1.54) is 11.3 Å². The van der Waals surface area contributed by atoms with E-state index >= 15 is 0 Å². The van der Waals surface area contributed by atoms with Gasteiger partial charge in [-0.05, 0) is 55.5 Å². The standard InChI is InChI=1S/C23H25NO4S/c1-26-18-6-4-5-15(13-18)14-27-23(25)22-21(19-7-2-3-8-20(19)29-22)28-17-11-9-16(24)10-12-17/h2-8,13,16-17H,9-12,14,24H2,1H3. The van der Waals surface area contributed by atoms with Crippen LogP contribution in [0.15, 0.2) is 48.5 Å². The molecule has 1 aromatic heterocycles. The second-order valence-corrected chi connectivity index (χ2v) is 8.39. The molecule has 2 aromatic carbocycles. The van der Waals surface area contributed by atoms with Crippen molar-refractivity contribution in [1.29, 1.82) is 0 Å². The maximum absolute atomic E-state index is 12.9. The Morgan fingerprint density at radius 3 is 2.69 bits per heavy atom. The summed E-state index contributed by atoms with van der Waals surface area (Å²) in [6, 6.07) is 15.7. The lowest BCUT2D eigenvalue weighted by Crippen LogP contribution is -2.31. The lowest BCUT2D eigenvalue weighted by Gasteiger charge is -2.27. The number of esters is 1. The Bertz CT molecular complexity index is 991. The normalized spacial score (nSPS) is 19.1. The van der Waals surface area contributed by atoms with Crippen LogP contribution in [0.1, 0.15) is 40.9 Å². The van der Waals surface area contributed by atoms with E-state index in [-0.39, 0.29) is 24.7 Å². The highest BCUT2D eigenvalue weighted by molar-refractivity contribution is 7.21. The maximum atomic E-state index is 12.9. The van der Waals surface area contributed by atoms with Crippen LogP contribution in [-0.2, 0) is 11.3 Å². The van der Waals surface area contributed by atoms with Gasteiger partial charge in [0.2, 0.25) is 0 Å². The molecule has 0 atom stereocenters. The smallest absolute Gasteiger partial charge is 0.352 e. The quantitative estimate of drug-likeness (QED) is 0.583. The van der Waals surface area contributed by atoms with Crippen molar-refractivity contribution in [1.82, 2.24) is 0 Å². The van der Waals surface area contributed by atoms with Gasteiger partial charge in [0, 0.05) is 16.1 Å². The number of nitrogens with two attached hydrogens (primary N) is 1. The zero-order valence-electron chi connectivity index (χ0n) is 16.4. The molecule has 5 nitrogen and oxygen atoms in total. The van der Waals surface area contributed by atoms with Gasteiger partial charge >= 0.3 is 5.97 Å². The molecule has 1 saturated carbocycles.